The minimum absolute atomic E-state index is 0.161. The Kier molecular flexibility index (Phi) is 5.35. The Hall–Kier alpha value is -3.88. The number of anilines is 1. The molecule has 3 aromatic rings. The molecule has 1 fully saturated rings. The topological polar surface area (TPSA) is 83.6 Å². The number of carbonyl (C=O) groups is 1. The Labute approximate surface area is 182 Å². The second-order valence-electron chi connectivity index (χ2n) is 7.32. The number of nitrogens with one attached hydrogen (secondary N) is 1. The molecule has 6 nitrogen and oxygen atoms in total. The van der Waals surface area contributed by atoms with Crippen molar-refractivity contribution >= 4 is 11.7 Å². The van der Waals surface area contributed by atoms with Crippen LogP contribution in [-0.4, -0.2) is 20.7 Å². The molecule has 12 heteroatoms. The fourth-order valence-electron chi connectivity index (χ4n) is 3.26. The van der Waals surface area contributed by atoms with Gasteiger partial charge in [0.1, 0.15) is 11.6 Å². The predicted octanol–water partition coefficient (Wildman–Crippen LogP) is 5.31. The summed E-state index contributed by atoms with van der Waals surface area (Å²) in [5, 5.41) is 15.5. The molecule has 0 saturated heterocycles. The molecule has 2 aromatic heterocycles. The molecule has 33 heavy (non-hydrogen) atoms. The van der Waals surface area contributed by atoms with Gasteiger partial charge in [0.15, 0.2) is 11.6 Å². The van der Waals surface area contributed by atoms with Crippen molar-refractivity contribution in [3.63, 3.8) is 0 Å². The summed E-state index contributed by atoms with van der Waals surface area (Å²) in [6.45, 7) is 0. The molecule has 0 aliphatic heterocycles. The highest BCUT2D eigenvalue weighted by Gasteiger charge is 2.38. The Morgan fingerprint density at radius 3 is 2.33 bits per heavy atom. The summed E-state index contributed by atoms with van der Waals surface area (Å²) < 4.78 is 81.0. The average Bonchev–Trinajstić information content (AvgIpc) is 3.50. The standard InChI is InChI=1S/C21H13F6N5O/c22-20(23,24)14-4-2-1-3-12(14)19(33)30-17-7-8-32(31-17)18-13(10-28)15(21(25,26)27)9-16(29-18)11-5-6-11/h1-4,7-9,11H,5-6H2,(H,30,31,33). The number of benzene rings is 1. The summed E-state index contributed by atoms with van der Waals surface area (Å²) in [6.07, 6.45) is -7.09. The number of hydrogen-bond acceptors (Lipinski definition) is 4. The van der Waals surface area contributed by atoms with Crippen molar-refractivity contribution < 1.29 is 31.1 Å². The van der Waals surface area contributed by atoms with Crippen LogP contribution in [0.5, 0.6) is 0 Å². The minimum Gasteiger partial charge on any atom is -0.305 e. The average molecular weight is 465 g/mol. The molecule has 0 atom stereocenters. The van der Waals surface area contributed by atoms with Crippen molar-refractivity contribution in [3.8, 4) is 11.9 Å². The summed E-state index contributed by atoms with van der Waals surface area (Å²) >= 11 is 0. The fourth-order valence-corrected chi connectivity index (χ4v) is 3.26. The van der Waals surface area contributed by atoms with E-state index in [2.05, 4.69) is 15.4 Å². The number of nitrogens with zero attached hydrogens (tertiary/aromatic N) is 4. The molecule has 1 aliphatic carbocycles. The van der Waals surface area contributed by atoms with Crippen molar-refractivity contribution in [1.82, 2.24) is 14.8 Å². The molecule has 1 aliphatic rings. The molecule has 0 spiro atoms. The molecule has 0 bridgehead atoms. The lowest BCUT2D eigenvalue weighted by atomic mass is 10.1. The zero-order valence-corrected chi connectivity index (χ0v) is 16.5. The van der Waals surface area contributed by atoms with Gasteiger partial charge in [0.25, 0.3) is 5.91 Å². The first kappa shape index (κ1) is 22.3. The number of pyridine rings is 1. The number of carbonyl (C=O) groups excluding carboxylic acids is 1. The van der Waals surface area contributed by atoms with Crippen LogP contribution in [0.4, 0.5) is 32.2 Å². The Bertz CT molecular complexity index is 1270. The van der Waals surface area contributed by atoms with Gasteiger partial charge < -0.3 is 5.32 Å². The van der Waals surface area contributed by atoms with Gasteiger partial charge in [0, 0.05) is 23.9 Å². The summed E-state index contributed by atoms with van der Waals surface area (Å²) in [5.41, 5.74) is -3.54. The van der Waals surface area contributed by atoms with E-state index >= 15 is 0 Å². The lowest BCUT2D eigenvalue weighted by molar-refractivity contribution is -0.138. The molecule has 0 unspecified atom stereocenters. The van der Waals surface area contributed by atoms with Crippen molar-refractivity contribution in [2.45, 2.75) is 31.1 Å². The van der Waals surface area contributed by atoms with E-state index in [0.717, 1.165) is 35.1 Å². The fraction of sp³-hybridized carbons (Fsp3) is 0.238. The second-order valence-corrected chi connectivity index (χ2v) is 7.32. The largest absolute Gasteiger partial charge is 0.417 e. The van der Waals surface area contributed by atoms with Gasteiger partial charge in [-0.2, -0.15) is 31.6 Å². The van der Waals surface area contributed by atoms with Gasteiger partial charge in [-0.3, -0.25) is 4.79 Å². The molecule has 1 aromatic carbocycles. The van der Waals surface area contributed by atoms with E-state index in [-0.39, 0.29) is 23.2 Å². The number of nitriles is 1. The second kappa shape index (κ2) is 7.91. The maximum absolute atomic E-state index is 13.5. The van der Waals surface area contributed by atoms with Crippen LogP contribution in [0.3, 0.4) is 0 Å². The third-order valence-electron chi connectivity index (χ3n) is 4.96. The third kappa shape index (κ3) is 4.52. The van der Waals surface area contributed by atoms with Gasteiger partial charge in [-0.1, -0.05) is 12.1 Å². The van der Waals surface area contributed by atoms with E-state index in [9.17, 15) is 36.4 Å². The molecule has 1 amide bonds. The number of hydrogen-bond donors (Lipinski definition) is 1. The SMILES string of the molecule is N#Cc1c(C(F)(F)F)cc(C2CC2)nc1-n1ccc(NC(=O)c2ccccc2C(F)(F)F)n1. The van der Waals surface area contributed by atoms with Gasteiger partial charge in [-0.15, -0.1) is 5.10 Å². The molecule has 1 N–H and O–H groups in total. The van der Waals surface area contributed by atoms with E-state index in [0.29, 0.717) is 12.8 Å². The quantitative estimate of drug-likeness (QED) is 0.530. The first-order valence-electron chi connectivity index (χ1n) is 9.55. The van der Waals surface area contributed by atoms with E-state index < -0.39 is 40.5 Å². The molecule has 4 rings (SSSR count). The maximum Gasteiger partial charge on any atom is 0.417 e. The smallest absolute Gasteiger partial charge is 0.305 e. The van der Waals surface area contributed by atoms with E-state index in [4.69, 9.17) is 0 Å². The molecule has 2 heterocycles. The van der Waals surface area contributed by atoms with Crippen molar-refractivity contribution in [1.29, 1.82) is 5.26 Å². The highest BCUT2D eigenvalue weighted by atomic mass is 19.4. The molecular weight excluding hydrogens is 452 g/mol. The molecular formula is C21H13F6N5O. The van der Waals surface area contributed by atoms with E-state index in [1.165, 1.54) is 18.2 Å². The van der Waals surface area contributed by atoms with Gasteiger partial charge in [-0.05, 0) is 31.0 Å². The van der Waals surface area contributed by atoms with Crippen LogP contribution in [0.15, 0.2) is 42.6 Å². The summed E-state index contributed by atoms with van der Waals surface area (Å²) in [7, 11) is 0. The Morgan fingerprint density at radius 2 is 1.73 bits per heavy atom. The Balaban J connectivity index is 1.70. The van der Waals surface area contributed by atoms with Crippen molar-refractivity contribution in [2.24, 2.45) is 0 Å². The molecule has 170 valence electrons. The monoisotopic (exact) mass is 465 g/mol. The van der Waals surface area contributed by atoms with Gasteiger partial charge in [0.05, 0.1) is 16.7 Å². The van der Waals surface area contributed by atoms with Gasteiger partial charge in [0.2, 0.25) is 0 Å². The van der Waals surface area contributed by atoms with Crippen LogP contribution in [0.25, 0.3) is 5.82 Å². The Morgan fingerprint density at radius 1 is 1.06 bits per heavy atom. The summed E-state index contributed by atoms with van der Waals surface area (Å²) in [4.78, 5) is 16.6. The van der Waals surface area contributed by atoms with Crippen LogP contribution in [0.1, 0.15) is 51.5 Å². The minimum atomic E-state index is -4.81. The first-order valence-corrected chi connectivity index (χ1v) is 9.55. The summed E-state index contributed by atoms with van der Waals surface area (Å²) in [5.74, 6) is -1.88. The predicted molar refractivity (Wildman–Crippen MR) is 102 cm³/mol. The maximum atomic E-state index is 13.5. The normalized spacial score (nSPS) is 14.1. The zero-order chi connectivity index (χ0) is 24.0. The lowest BCUT2D eigenvalue weighted by Crippen LogP contribution is -2.19. The number of amides is 1. The number of alkyl halides is 6. The van der Waals surface area contributed by atoms with Crippen LogP contribution in [0, 0.1) is 11.3 Å². The first-order chi connectivity index (χ1) is 15.5. The van der Waals surface area contributed by atoms with Gasteiger partial charge >= 0.3 is 12.4 Å². The van der Waals surface area contributed by atoms with Crippen LogP contribution < -0.4 is 5.32 Å². The number of halogens is 6. The van der Waals surface area contributed by atoms with Crippen molar-refractivity contribution in [2.75, 3.05) is 5.32 Å². The third-order valence-corrected chi connectivity index (χ3v) is 4.96. The zero-order valence-electron chi connectivity index (χ0n) is 16.5. The van der Waals surface area contributed by atoms with E-state index in [1.54, 1.807) is 0 Å². The van der Waals surface area contributed by atoms with E-state index in [1.807, 2.05) is 0 Å². The highest BCUT2D eigenvalue weighted by Crippen LogP contribution is 2.43. The highest BCUT2D eigenvalue weighted by molar-refractivity contribution is 6.04. The number of rotatable bonds is 4. The van der Waals surface area contributed by atoms with Crippen molar-refractivity contribution in [3.05, 3.63) is 70.5 Å². The summed E-state index contributed by atoms with van der Waals surface area (Å²) in [6, 6.07) is 7.65. The van der Waals surface area contributed by atoms with Gasteiger partial charge in [-0.25, -0.2) is 9.67 Å². The van der Waals surface area contributed by atoms with Crippen LogP contribution in [0.2, 0.25) is 0 Å². The van der Waals surface area contributed by atoms with Crippen LogP contribution >= 0.6 is 0 Å². The number of aromatic nitrogens is 3. The van der Waals surface area contributed by atoms with Crippen LogP contribution in [-0.2, 0) is 12.4 Å². The molecule has 1 saturated carbocycles. The molecule has 0 radical (unpaired) electrons. The lowest BCUT2D eigenvalue weighted by Gasteiger charge is -2.14.